The monoisotopic (exact) mass is 467 g/mol. The third kappa shape index (κ3) is 5.07. The molecule has 2 aromatic rings. The zero-order valence-electron chi connectivity index (χ0n) is 20.8. The molecule has 0 aromatic carbocycles. The highest BCUT2D eigenvalue weighted by Crippen LogP contribution is 2.29. The number of aromatic nitrogens is 4. The van der Waals surface area contributed by atoms with E-state index >= 15 is 0 Å². The number of imidazole rings is 1. The number of nitrogens with zero attached hydrogens (tertiary/aromatic N) is 6. The van der Waals surface area contributed by atoms with Gasteiger partial charge in [-0.3, -0.25) is 4.79 Å². The molecule has 2 aromatic heterocycles. The summed E-state index contributed by atoms with van der Waals surface area (Å²) in [5.41, 5.74) is 1.91. The SMILES string of the molecule is CC[C@@H]1CCCCN1CCCNC(=O)C1CCN(c2ncnc3c2nc2n3CCCCC2)CC1. The molecule has 1 amide bonds. The highest BCUT2D eigenvalue weighted by atomic mass is 16.1. The van der Waals surface area contributed by atoms with Crippen molar-refractivity contribution in [2.75, 3.05) is 37.6 Å². The second-order valence-corrected chi connectivity index (χ2v) is 10.4. The van der Waals surface area contributed by atoms with Crippen LogP contribution in [0.4, 0.5) is 5.82 Å². The number of fused-ring (bicyclic) bond motifs is 3. The summed E-state index contributed by atoms with van der Waals surface area (Å²) in [5, 5.41) is 3.22. The zero-order valence-corrected chi connectivity index (χ0v) is 20.8. The van der Waals surface area contributed by atoms with Gasteiger partial charge in [0, 0.05) is 51.1 Å². The maximum atomic E-state index is 12.8. The van der Waals surface area contributed by atoms with Crippen molar-refractivity contribution in [3.63, 3.8) is 0 Å². The molecule has 2 saturated heterocycles. The predicted octanol–water partition coefficient (Wildman–Crippen LogP) is 3.54. The van der Waals surface area contributed by atoms with Crippen molar-refractivity contribution in [3.05, 3.63) is 12.2 Å². The van der Waals surface area contributed by atoms with Crippen molar-refractivity contribution in [1.82, 2.24) is 29.7 Å². The average molecular weight is 468 g/mol. The number of piperidine rings is 2. The molecule has 5 rings (SSSR count). The largest absolute Gasteiger partial charge is 0.356 e. The fraction of sp³-hybridized carbons (Fsp3) is 0.769. The van der Waals surface area contributed by atoms with E-state index in [0.717, 1.165) is 87.3 Å². The van der Waals surface area contributed by atoms with Gasteiger partial charge in [0.2, 0.25) is 5.91 Å². The van der Waals surface area contributed by atoms with E-state index in [2.05, 4.69) is 36.6 Å². The first kappa shape index (κ1) is 23.5. The number of aryl methyl sites for hydroxylation is 2. The lowest BCUT2D eigenvalue weighted by Crippen LogP contribution is -2.42. The van der Waals surface area contributed by atoms with E-state index in [0.29, 0.717) is 0 Å². The maximum Gasteiger partial charge on any atom is 0.223 e. The fourth-order valence-electron chi connectivity index (χ4n) is 6.17. The summed E-state index contributed by atoms with van der Waals surface area (Å²) in [5.74, 6) is 2.42. The summed E-state index contributed by atoms with van der Waals surface area (Å²) in [6.07, 6.45) is 14.4. The van der Waals surface area contributed by atoms with Crippen LogP contribution >= 0.6 is 0 Å². The Labute approximate surface area is 203 Å². The van der Waals surface area contributed by atoms with Gasteiger partial charge in [-0.15, -0.1) is 0 Å². The van der Waals surface area contributed by atoms with E-state index in [-0.39, 0.29) is 11.8 Å². The van der Waals surface area contributed by atoms with Gasteiger partial charge in [0.05, 0.1) is 0 Å². The first-order chi connectivity index (χ1) is 16.7. The summed E-state index contributed by atoms with van der Waals surface area (Å²) in [6, 6.07) is 0.743. The van der Waals surface area contributed by atoms with Crippen molar-refractivity contribution < 1.29 is 4.79 Å². The third-order valence-electron chi connectivity index (χ3n) is 8.18. The molecule has 2 fully saturated rings. The van der Waals surface area contributed by atoms with Crippen molar-refractivity contribution in [3.8, 4) is 0 Å². The number of carbonyl (C=O) groups is 1. The number of nitrogens with one attached hydrogen (secondary N) is 1. The number of likely N-dealkylation sites (tertiary alicyclic amines) is 1. The second-order valence-electron chi connectivity index (χ2n) is 10.4. The minimum Gasteiger partial charge on any atom is -0.356 e. The van der Waals surface area contributed by atoms with E-state index in [9.17, 15) is 4.79 Å². The molecule has 0 radical (unpaired) electrons. The highest BCUT2D eigenvalue weighted by molar-refractivity contribution is 5.84. The molecule has 0 bridgehead atoms. The van der Waals surface area contributed by atoms with Crippen molar-refractivity contribution >= 4 is 22.9 Å². The van der Waals surface area contributed by atoms with Gasteiger partial charge in [0.25, 0.3) is 0 Å². The lowest BCUT2D eigenvalue weighted by molar-refractivity contribution is -0.125. The van der Waals surface area contributed by atoms with E-state index < -0.39 is 0 Å². The molecular weight excluding hydrogens is 426 g/mol. The molecule has 3 aliphatic heterocycles. The second kappa shape index (κ2) is 11.0. The van der Waals surface area contributed by atoms with E-state index in [1.807, 2.05) is 0 Å². The van der Waals surface area contributed by atoms with Crippen molar-refractivity contribution in [2.24, 2.45) is 5.92 Å². The minimum atomic E-state index is 0.102. The number of rotatable bonds is 7. The molecule has 5 heterocycles. The standard InChI is InChI=1S/C26H41N7O/c1-2-21-9-5-7-14-31(21)15-8-13-27-26(34)20-11-17-32(18-12-20)24-23-25(29-19-28-24)33-16-6-3-4-10-22(33)30-23/h19-21H,2-18H2,1H3,(H,27,34)/t21-/m1/s1. The minimum absolute atomic E-state index is 0.102. The molecule has 186 valence electrons. The van der Waals surface area contributed by atoms with Gasteiger partial charge >= 0.3 is 0 Å². The van der Waals surface area contributed by atoms with Crippen LogP contribution < -0.4 is 10.2 Å². The third-order valence-corrected chi connectivity index (χ3v) is 8.18. The molecule has 8 nitrogen and oxygen atoms in total. The Morgan fingerprint density at radius 3 is 2.74 bits per heavy atom. The van der Waals surface area contributed by atoms with Crippen LogP contribution in [0.15, 0.2) is 6.33 Å². The molecule has 0 unspecified atom stereocenters. The number of carbonyl (C=O) groups excluding carboxylic acids is 1. The number of hydrogen-bond acceptors (Lipinski definition) is 6. The summed E-state index contributed by atoms with van der Waals surface area (Å²) >= 11 is 0. The summed E-state index contributed by atoms with van der Waals surface area (Å²) < 4.78 is 2.29. The van der Waals surface area contributed by atoms with Crippen LogP contribution in [0, 0.1) is 5.92 Å². The highest BCUT2D eigenvalue weighted by Gasteiger charge is 2.28. The van der Waals surface area contributed by atoms with Crippen LogP contribution in [0.1, 0.15) is 77.0 Å². The Morgan fingerprint density at radius 2 is 1.88 bits per heavy atom. The van der Waals surface area contributed by atoms with E-state index in [1.165, 1.54) is 51.5 Å². The van der Waals surface area contributed by atoms with Gasteiger partial charge < -0.3 is 19.7 Å². The van der Waals surface area contributed by atoms with Crippen molar-refractivity contribution in [2.45, 2.75) is 90.1 Å². The quantitative estimate of drug-likeness (QED) is 0.628. The average Bonchev–Trinajstić information content (AvgIpc) is 3.07. The summed E-state index contributed by atoms with van der Waals surface area (Å²) in [4.78, 5) is 31.9. The van der Waals surface area contributed by atoms with Gasteiger partial charge in [0.15, 0.2) is 17.0 Å². The molecule has 8 heteroatoms. The Balaban J connectivity index is 1.12. The number of amides is 1. The Morgan fingerprint density at radius 1 is 1.03 bits per heavy atom. The summed E-state index contributed by atoms with van der Waals surface area (Å²) in [6.45, 7) is 8.11. The van der Waals surface area contributed by atoms with Crippen LogP contribution in [0.3, 0.4) is 0 Å². The first-order valence-corrected chi connectivity index (χ1v) is 13.7. The molecule has 0 spiro atoms. The molecule has 0 saturated carbocycles. The predicted molar refractivity (Wildman–Crippen MR) is 135 cm³/mol. The maximum absolute atomic E-state index is 12.8. The van der Waals surface area contributed by atoms with Crippen LogP contribution in [0.5, 0.6) is 0 Å². The van der Waals surface area contributed by atoms with Crippen LogP contribution in [0.25, 0.3) is 11.2 Å². The molecule has 1 atom stereocenters. The lowest BCUT2D eigenvalue weighted by Gasteiger charge is -2.35. The smallest absolute Gasteiger partial charge is 0.223 e. The Kier molecular flexibility index (Phi) is 7.62. The molecule has 1 N–H and O–H groups in total. The first-order valence-electron chi connectivity index (χ1n) is 13.7. The van der Waals surface area contributed by atoms with Crippen molar-refractivity contribution in [1.29, 1.82) is 0 Å². The fourth-order valence-corrected chi connectivity index (χ4v) is 6.17. The van der Waals surface area contributed by atoms with Gasteiger partial charge in [0.1, 0.15) is 12.2 Å². The molecular formula is C26H41N7O. The van der Waals surface area contributed by atoms with E-state index in [1.54, 1.807) is 6.33 Å². The zero-order chi connectivity index (χ0) is 23.3. The van der Waals surface area contributed by atoms with Crippen LogP contribution in [-0.2, 0) is 17.8 Å². The number of anilines is 1. The van der Waals surface area contributed by atoms with E-state index in [4.69, 9.17) is 4.98 Å². The molecule has 34 heavy (non-hydrogen) atoms. The molecule has 0 aliphatic carbocycles. The van der Waals surface area contributed by atoms with Crippen LogP contribution in [0.2, 0.25) is 0 Å². The van der Waals surface area contributed by atoms with Gasteiger partial charge in [-0.05, 0) is 57.9 Å². The summed E-state index contributed by atoms with van der Waals surface area (Å²) in [7, 11) is 0. The van der Waals surface area contributed by atoms with Gasteiger partial charge in [-0.2, -0.15) is 0 Å². The van der Waals surface area contributed by atoms with Gasteiger partial charge in [-0.1, -0.05) is 19.8 Å². The lowest BCUT2D eigenvalue weighted by atomic mass is 9.96. The topological polar surface area (TPSA) is 79.2 Å². The number of hydrogen-bond donors (Lipinski definition) is 1. The Hall–Kier alpha value is -2.22. The Bertz CT molecular complexity index is 965. The van der Waals surface area contributed by atoms with Crippen LogP contribution in [-0.4, -0.2) is 69.1 Å². The normalized spacial score (nSPS) is 22.5. The van der Waals surface area contributed by atoms with Gasteiger partial charge in [-0.25, -0.2) is 15.0 Å². The molecule has 3 aliphatic rings.